The smallest absolute Gasteiger partial charge is 0.194 e. The Kier molecular flexibility index (Phi) is 6.29. The Hall–Kier alpha value is -2.43. The minimum absolute atomic E-state index is 0.178. The monoisotopic (exact) mass is 328 g/mol. The third-order valence-electron chi connectivity index (χ3n) is 3.74. The number of nitrogens with zero attached hydrogens (tertiary/aromatic N) is 3. The Morgan fingerprint density at radius 2 is 2.08 bits per heavy atom. The maximum atomic E-state index is 5.75. The van der Waals surface area contributed by atoms with Gasteiger partial charge in [-0.1, -0.05) is 12.1 Å². The quantitative estimate of drug-likeness (QED) is 0.655. The van der Waals surface area contributed by atoms with E-state index < -0.39 is 0 Å². The Labute approximate surface area is 145 Å². The summed E-state index contributed by atoms with van der Waals surface area (Å²) in [6.45, 7) is 5.58. The largest absolute Gasteiger partial charge is 0.491 e. The highest BCUT2D eigenvalue weighted by atomic mass is 16.5. The van der Waals surface area contributed by atoms with Crippen molar-refractivity contribution in [2.45, 2.75) is 33.0 Å². The molecule has 5 heteroatoms. The zero-order valence-corrected chi connectivity index (χ0v) is 15.3. The van der Waals surface area contributed by atoms with Gasteiger partial charge in [-0.05, 0) is 43.7 Å². The minimum Gasteiger partial charge on any atom is -0.491 e. The highest BCUT2D eigenvalue weighted by Crippen LogP contribution is 2.15. The molecule has 5 nitrogen and oxygen atoms in total. The van der Waals surface area contributed by atoms with Crippen molar-refractivity contribution in [1.29, 1.82) is 0 Å². The molecule has 1 aromatic heterocycles. The first-order valence-corrected chi connectivity index (χ1v) is 8.27. The summed E-state index contributed by atoms with van der Waals surface area (Å²) < 4.78 is 7.87. The maximum absolute atomic E-state index is 5.75. The van der Waals surface area contributed by atoms with E-state index in [1.807, 2.05) is 40.1 Å². The van der Waals surface area contributed by atoms with Crippen molar-refractivity contribution in [2.75, 3.05) is 14.1 Å². The van der Waals surface area contributed by atoms with E-state index in [1.54, 1.807) is 0 Å². The van der Waals surface area contributed by atoms with Crippen molar-refractivity contribution in [3.05, 3.63) is 53.9 Å². The van der Waals surface area contributed by atoms with E-state index >= 15 is 0 Å². The predicted octanol–water partition coefficient (Wildman–Crippen LogP) is 3.02. The van der Waals surface area contributed by atoms with E-state index in [1.165, 1.54) is 11.3 Å². The molecule has 0 saturated carbocycles. The van der Waals surface area contributed by atoms with Gasteiger partial charge in [0.1, 0.15) is 5.75 Å². The number of aromatic nitrogens is 1. The molecule has 0 spiro atoms. The lowest BCUT2D eigenvalue weighted by Crippen LogP contribution is -2.38. The van der Waals surface area contributed by atoms with Crippen LogP contribution in [0.4, 0.5) is 0 Å². The second kappa shape index (κ2) is 8.43. The fourth-order valence-electron chi connectivity index (χ4n) is 2.55. The normalized spacial score (nSPS) is 11.7. The first kappa shape index (κ1) is 17.9. The number of aliphatic imine (C=N–C) groups is 1. The zero-order valence-electron chi connectivity index (χ0n) is 15.3. The van der Waals surface area contributed by atoms with Gasteiger partial charge < -0.3 is 19.5 Å². The van der Waals surface area contributed by atoms with Crippen LogP contribution in [-0.4, -0.2) is 35.6 Å². The minimum atomic E-state index is 0.178. The molecule has 0 aliphatic carbocycles. The third-order valence-corrected chi connectivity index (χ3v) is 3.74. The summed E-state index contributed by atoms with van der Waals surface area (Å²) in [5.74, 6) is 1.77. The number of hydrogen-bond acceptors (Lipinski definition) is 2. The number of benzene rings is 1. The topological polar surface area (TPSA) is 41.8 Å². The molecule has 2 rings (SSSR count). The summed E-state index contributed by atoms with van der Waals surface area (Å²) in [5.41, 5.74) is 2.41. The van der Waals surface area contributed by atoms with E-state index in [0.717, 1.165) is 18.3 Å². The van der Waals surface area contributed by atoms with Crippen LogP contribution in [0.2, 0.25) is 0 Å². The summed E-state index contributed by atoms with van der Waals surface area (Å²) in [6, 6.07) is 12.3. The van der Waals surface area contributed by atoms with Crippen LogP contribution in [0.3, 0.4) is 0 Å². The fraction of sp³-hybridized carbons (Fsp3) is 0.421. The number of ether oxygens (including phenoxy) is 1. The summed E-state index contributed by atoms with van der Waals surface area (Å²) in [5, 5.41) is 3.41. The molecular formula is C19H28N4O. The average molecular weight is 328 g/mol. The van der Waals surface area contributed by atoms with Crippen LogP contribution < -0.4 is 10.1 Å². The number of rotatable bonds is 6. The lowest BCUT2D eigenvalue weighted by Gasteiger charge is -2.22. The number of aryl methyl sites for hydroxylation is 1. The molecule has 0 amide bonds. The molecule has 24 heavy (non-hydrogen) atoms. The van der Waals surface area contributed by atoms with Gasteiger partial charge in [0.2, 0.25) is 0 Å². The van der Waals surface area contributed by atoms with Gasteiger partial charge in [0, 0.05) is 39.6 Å². The molecule has 0 aliphatic heterocycles. The van der Waals surface area contributed by atoms with Gasteiger partial charge in [-0.15, -0.1) is 0 Å². The molecule has 130 valence electrons. The standard InChI is InChI=1S/C19H28N4O/c1-15(2)24-18-10-6-8-16(12-18)13-21-19(20-3)23(5)14-17-9-7-11-22(17)4/h6-12,15H,13-14H2,1-5H3,(H,20,21). The third kappa shape index (κ3) is 5.05. The van der Waals surface area contributed by atoms with Gasteiger partial charge in [0.05, 0.1) is 12.6 Å². The number of hydrogen-bond donors (Lipinski definition) is 1. The predicted molar refractivity (Wildman–Crippen MR) is 99.3 cm³/mol. The molecule has 0 aliphatic rings. The van der Waals surface area contributed by atoms with Crippen LogP contribution in [0, 0.1) is 0 Å². The molecule has 1 aromatic carbocycles. The van der Waals surface area contributed by atoms with Crippen LogP contribution in [0.25, 0.3) is 0 Å². The van der Waals surface area contributed by atoms with Crippen molar-refractivity contribution in [1.82, 2.24) is 14.8 Å². The van der Waals surface area contributed by atoms with Gasteiger partial charge in [0.25, 0.3) is 0 Å². The fourth-order valence-corrected chi connectivity index (χ4v) is 2.55. The lowest BCUT2D eigenvalue weighted by atomic mass is 10.2. The van der Waals surface area contributed by atoms with Crippen LogP contribution >= 0.6 is 0 Å². The van der Waals surface area contributed by atoms with Crippen molar-refractivity contribution in [3.63, 3.8) is 0 Å². The van der Waals surface area contributed by atoms with Gasteiger partial charge in [-0.25, -0.2) is 0 Å². The van der Waals surface area contributed by atoms with E-state index in [2.05, 4.69) is 57.3 Å². The first-order chi connectivity index (χ1) is 11.5. The molecule has 0 unspecified atom stereocenters. The molecule has 1 heterocycles. The molecule has 0 fully saturated rings. The lowest BCUT2D eigenvalue weighted by molar-refractivity contribution is 0.242. The van der Waals surface area contributed by atoms with Crippen molar-refractivity contribution in [2.24, 2.45) is 12.0 Å². The molecule has 0 saturated heterocycles. The van der Waals surface area contributed by atoms with Crippen LogP contribution in [0.15, 0.2) is 47.6 Å². The molecule has 0 radical (unpaired) electrons. The molecule has 0 bridgehead atoms. The number of nitrogens with one attached hydrogen (secondary N) is 1. The first-order valence-electron chi connectivity index (χ1n) is 8.27. The Balaban J connectivity index is 1.95. The highest BCUT2D eigenvalue weighted by Gasteiger charge is 2.08. The van der Waals surface area contributed by atoms with Gasteiger partial charge in [0.15, 0.2) is 5.96 Å². The summed E-state index contributed by atoms with van der Waals surface area (Å²) in [6.07, 6.45) is 2.23. The van der Waals surface area contributed by atoms with Crippen molar-refractivity contribution >= 4 is 5.96 Å². The zero-order chi connectivity index (χ0) is 17.5. The Bertz CT molecular complexity index is 676. The molecule has 0 atom stereocenters. The van der Waals surface area contributed by atoms with Crippen LogP contribution in [0.5, 0.6) is 5.75 Å². The van der Waals surface area contributed by atoms with E-state index in [-0.39, 0.29) is 6.10 Å². The van der Waals surface area contributed by atoms with Gasteiger partial charge >= 0.3 is 0 Å². The Morgan fingerprint density at radius 1 is 1.29 bits per heavy atom. The van der Waals surface area contributed by atoms with Crippen molar-refractivity contribution < 1.29 is 4.74 Å². The Morgan fingerprint density at radius 3 is 2.71 bits per heavy atom. The second-order valence-electron chi connectivity index (χ2n) is 6.18. The SMILES string of the molecule is CN=C(NCc1cccc(OC(C)C)c1)N(C)Cc1cccn1C. The van der Waals surface area contributed by atoms with Crippen molar-refractivity contribution in [3.8, 4) is 5.75 Å². The van der Waals surface area contributed by atoms with E-state index in [9.17, 15) is 0 Å². The summed E-state index contributed by atoms with van der Waals surface area (Å²) in [4.78, 5) is 6.49. The van der Waals surface area contributed by atoms with E-state index in [0.29, 0.717) is 6.54 Å². The highest BCUT2D eigenvalue weighted by molar-refractivity contribution is 5.79. The van der Waals surface area contributed by atoms with E-state index in [4.69, 9.17) is 4.74 Å². The summed E-state index contributed by atoms with van der Waals surface area (Å²) >= 11 is 0. The average Bonchev–Trinajstić information content (AvgIpc) is 2.93. The van der Waals surface area contributed by atoms with Crippen LogP contribution in [0.1, 0.15) is 25.1 Å². The molecular weight excluding hydrogens is 300 g/mol. The van der Waals surface area contributed by atoms with Crippen LogP contribution in [-0.2, 0) is 20.1 Å². The molecule has 2 aromatic rings. The maximum Gasteiger partial charge on any atom is 0.194 e. The van der Waals surface area contributed by atoms with Gasteiger partial charge in [-0.3, -0.25) is 4.99 Å². The van der Waals surface area contributed by atoms with Gasteiger partial charge in [-0.2, -0.15) is 0 Å². The summed E-state index contributed by atoms with van der Waals surface area (Å²) in [7, 11) is 5.91. The number of guanidine groups is 1. The second-order valence-corrected chi connectivity index (χ2v) is 6.18. The molecule has 1 N–H and O–H groups in total.